The summed E-state index contributed by atoms with van der Waals surface area (Å²) in [6.45, 7) is 2.05. The Morgan fingerprint density at radius 2 is 2.40 bits per heavy atom. The van der Waals surface area contributed by atoms with E-state index in [2.05, 4.69) is 27.6 Å². The molecular weight excluding hydrogens is 241 g/mol. The molecule has 0 saturated carbocycles. The van der Waals surface area contributed by atoms with Crippen LogP contribution in [0.4, 0.5) is 0 Å². The van der Waals surface area contributed by atoms with Gasteiger partial charge in [0.15, 0.2) is 0 Å². The van der Waals surface area contributed by atoms with Crippen molar-refractivity contribution in [1.29, 1.82) is 0 Å². The second-order valence-corrected chi connectivity index (χ2v) is 3.13. The lowest BCUT2D eigenvalue weighted by molar-refractivity contribution is 0.281. The summed E-state index contributed by atoms with van der Waals surface area (Å²) in [6, 6.07) is 1.94. The van der Waals surface area contributed by atoms with E-state index in [-0.39, 0.29) is 6.61 Å². The van der Waals surface area contributed by atoms with Crippen molar-refractivity contribution in [2.75, 3.05) is 0 Å². The summed E-state index contributed by atoms with van der Waals surface area (Å²) in [5, 5.41) is 8.71. The van der Waals surface area contributed by atoms with Crippen molar-refractivity contribution in [3.8, 4) is 0 Å². The maximum absolute atomic E-state index is 8.71. The molecule has 54 valence electrons. The average molecular weight is 249 g/mol. The maximum atomic E-state index is 8.71. The summed E-state index contributed by atoms with van der Waals surface area (Å²) in [6.07, 6.45) is 1.69. The number of pyridine rings is 1. The predicted molar refractivity (Wildman–Crippen MR) is 47.6 cm³/mol. The van der Waals surface area contributed by atoms with Crippen LogP contribution in [0.5, 0.6) is 0 Å². The van der Waals surface area contributed by atoms with Gasteiger partial charge < -0.3 is 5.11 Å². The lowest BCUT2D eigenvalue weighted by Crippen LogP contribution is -1.90. The van der Waals surface area contributed by atoms with Crippen LogP contribution in [0.1, 0.15) is 11.1 Å². The lowest BCUT2D eigenvalue weighted by Gasteiger charge is -1.98. The molecular formula is C7H8INO. The first-order valence-corrected chi connectivity index (χ1v) is 4.04. The monoisotopic (exact) mass is 249 g/mol. The van der Waals surface area contributed by atoms with Crippen molar-refractivity contribution in [3.63, 3.8) is 0 Å². The molecule has 0 aliphatic rings. The van der Waals surface area contributed by atoms with Gasteiger partial charge in [0.1, 0.15) is 3.70 Å². The van der Waals surface area contributed by atoms with Crippen LogP contribution < -0.4 is 0 Å². The third-order valence-corrected chi connectivity index (χ3v) is 2.38. The first-order valence-electron chi connectivity index (χ1n) is 2.96. The van der Waals surface area contributed by atoms with Gasteiger partial charge in [0.25, 0.3) is 0 Å². The van der Waals surface area contributed by atoms with Crippen molar-refractivity contribution < 1.29 is 5.11 Å². The van der Waals surface area contributed by atoms with Crippen molar-refractivity contribution in [2.45, 2.75) is 13.5 Å². The molecule has 1 heterocycles. The lowest BCUT2D eigenvalue weighted by atomic mass is 10.2. The van der Waals surface area contributed by atoms with Crippen LogP contribution in [0.3, 0.4) is 0 Å². The van der Waals surface area contributed by atoms with Gasteiger partial charge >= 0.3 is 0 Å². The molecule has 1 aromatic rings. The number of rotatable bonds is 1. The summed E-state index contributed by atoms with van der Waals surface area (Å²) in [5.74, 6) is 0. The van der Waals surface area contributed by atoms with Gasteiger partial charge in [0.05, 0.1) is 6.61 Å². The smallest absolute Gasteiger partial charge is 0.104 e. The minimum absolute atomic E-state index is 0.0742. The molecule has 0 bridgehead atoms. The molecule has 0 unspecified atom stereocenters. The third-order valence-electron chi connectivity index (χ3n) is 1.25. The largest absolute Gasteiger partial charge is 0.392 e. The summed E-state index contributed by atoms with van der Waals surface area (Å²) < 4.78 is 0.995. The minimum Gasteiger partial charge on any atom is -0.392 e. The van der Waals surface area contributed by atoms with Gasteiger partial charge in [-0.1, -0.05) is 0 Å². The summed E-state index contributed by atoms with van der Waals surface area (Å²) in [4.78, 5) is 4.08. The zero-order valence-corrected chi connectivity index (χ0v) is 7.79. The molecule has 0 spiro atoms. The molecule has 1 aromatic heterocycles. The fourth-order valence-corrected chi connectivity index (χ4v) is 0.998. The molecule has 0 atom stereocenters. The van der Waals surface area contributed by atoms with Gasteiger partial charge in [-0.15, -0.1) is 0 Å². The summed E-state index contributed by atoms with van der Waals surface area (Å²) in [7, 11) is 0. The molecule has 2 nitrogen and oxygen atoms in total. The highest BCUT2D eigenvalue weighted by Crippen LogP contribution is 2.09. The Kier molecular flexibility index (Phi) is 2.62. The topological polar surface area (TPSA) is 33.1 Å². The Balaban J connectivity index is 3.04. The number of aliphatic hydroxyl groups excluding tert-OH is 1. The molecule has 0 saturated heterocycles. The van der Waals surface area contributed by atoms with Gasteiger partial charge in [-0.2, -0.15) is 0 Å². The van der Waals surface area contributed by atoms with Gasteiger partial charge in [0, 0.05) is 6.20 Å². The highest BCUT2D eigenvalue weighted by Gasteiger charge is 1.95. The zero-order valence-electron chi connectivity index (χ0n) is 5.63. The van der Waals surface area contributed by atoms with Crippen molar-refractivity contribution in [1.82, 2.24) is 4.98 Å². The zero-order chi connectivity index (χ0) is 7.56. The number of aliphatic hydroxyl groups is 1. The number of nitrogens with zero attached hydrogens (tertiary/aromatic N) is 1. The third kappa shape index (κ3) is 1.67. The first-order chi connectivity index (χ1) is 4.74. The molecule has 0 aliphatic carbocycles. The van der Waals surface area contributed by atoms with Crippen LogP contribution in [0, 0.1) is 10.6 Å². The molecule has 1 N–H and O–H groups in total. The van der Waals surface area contributed by atoms with E-state index in [4.69, 9.17) is 5.11 Å². The SMILES string of the molecule is Cc1cc(CO)cnc1I. The molecule has 10 heavy (non-hydrogen) atoms. The van der Waals surface area contributed by atoms with E-state index in [0.29, 0.717) is 0 Å². The van der Waals surface area contributed by atoms with Crippen LogP contribution >= 0.6 is 22.6 Å². The Morgan fingerprint density at radius 1 is 1.70 bits per heavy atom. The Morgan fingerprint density at radius 3 is 2.90 bits per heavy atom. The maximum Gasteiger partial charge on any atom is 0.104 e. The van der Waals surface area contributed by atoms with E-state index < -0.39 is 0 Å². The molecule has 3 heteroatoms. The highest BCUT2D eigenvalue weighted by molar-refractivity contribution is 14.1. The van der Waals surface area contributed by atoms with E-state index in [1.165, 1.54) is 0 Å². The van der Waals surface area contributed by atoms with Crippen molar-refractivity contribution >= 4 is 22.6 Å². The summed E-state index contributed by atoms with van der Waals surface area (Å²) >= 11 is 2.16. The van der Waals surface area contributed by atoms with Crippen molar-refractivity contribution in [3.05, 3.63) is 27.1 Å². The second kappa shape index (κ2) is 3.30. The van der Waals surface area contributed by atoms with E-state index >= 15 is 0 Å². The van der Waals surface area contributed by atoms with Gasteiger partial charge in [0.2, 0.25) is 0 Å². The second-order valence-electron chi connectivity index (χ2n) is 2.11. The fraction of sp³-hybridized carbons (Fsp3) is 0.286. The van der Waals surface area contributed by atoms with Crippen LogP contribution in [-0.4, -0.2) is 10.1 Å². The number of aryl methyl sites for hydroxylation is 1. The first kappa shape index (κ1) is 7.94. The number of hydrogen-bond donors (Lipinski definition) is 1. The van der Waals surface area contributed by atoms with E-state index in [0.717, 1.165) is 14.8 Å². The number of halogens is 1. The van der Waals surface area contributed by atoms with Crippen LogP contribution in [0.2, 0.25) is 0 Å². The molecule has 0 fully saturated rings. The molecule has 0 aromatic carbocycles. The average Bonchev–Trinajstić information content (AvgIpc) is 1.95. The fourth-order valence-electron chi connectivity index (χ4n) is 0.703. The van der Waals surface area contributed by atoms with E-state index in [9.17, 15) is 0 Å². The van der Waals surface area contributed by atoms with Gasteiger partial charge in [-0.25, -0.2) is 4.98 Å². The van der Waals surface area contributed by atoms with Gasteiger partial charge in [-0.05, 0) is 46.7 Å². The predicted octanol–water partition coefficient (Wildman–Crippen LogP) is 1.49. The van der Waals surface area contributed by atoms with E-state index in [1.807, 2.05) is 13.0 Å². The quantitative estimate of drug-likeness (QED) is 0.604. The summed E-state index contributed by atoms with van der Waals surface area (Å²) in [5.41, 5.74) is 1.99. The molecule has 1 rings (SSSR count). The Hall–Kier alpha value is -0.160. The van der Waals surface area contributed by atoms with Crippen LogP contribution in [-0.2, 0) is 6.61 Å². The molecule has 0 radical (unpaired) electrons. The standard InChI is InChI=1S/C7H8INO/c1-5-2-6(4-10)3-9-7(5)8/h2-3,10H,4H2,1H3. The minimum atomic E-state index is 0.0742. The van der Waals surface area contributed by atoms with Crippen LogP contribution in [0.15, 0.2) is 12.3 Å². The Labute approximate surface area is 73.4 Å². The number of aromatic nitrogens is 1. The number of hydrogen-bond acceptors (Lipinski definition) is 2. The van der Waals surface area contributed by atoms with Crippen LogP contribution in [0.25, 0.3) is 0 Å². The van der Waals surface area contributed by atoms with Gasteiger partial charge in [-0.3, -0.25) is 0 Å². The van der Waals surface area contributed by atoms with E-state index in [1.54, 1.807) is 6.20 Å². The molecule has 0 amide bonds. The highest BCUT2D eigenvalue weighted by atomic mass is 127. The van der Waals surface area contributed by atoms with Crippen molar-refractivity contribution in [2.24, 2.45) is 0 Å². The Bertz CT molecular complexity index is 237. The molecule has 0 aliphatic heterocycles. The normalized spacial score (nSPS) is 9.90.